The minimum absolute atomic E-state index is 0.529. The largest absolute Gasteiger partial charge is 0.303 e. The molecule has 0 atom stereocenters. The SMILES string of the molecule is Cc1cc(-c2cccs2)nc2cc(-c3nc(C4CC(CN5CCC5)C4)n4ccncc34)ccc12. The van der Waals surface area contributed by atoms with Crippen molar-refractivity contribution >= 4 is 27.8 Å². The summed E-state index contributed by atoms with van der Waals surface area (Å²) in [7, 11) is 0. The fraction of sp³-hybridized carbons (Fsp3) is 0.321. The maximum absolute atomic E-state index is 5.21. The lowest BCUT2D eigenvalue weighted by atomic mass is 9.74. The van der Waals surface area contributed by atoms with Gasteiger partial charge in [0.15, 0.2) is 0 Å². The minimum Gasteiger partial charge on any atom is -0.303 e. The molecule has 1 aromatic carbocycles. The van der Waals surface area contributed by atoms with Crippen molar-refractivity contribution in [3.63, 3.8) is 0 Å². The number of imidazole rings is 1. The van der Waals surface area contributed by atoms with Crippen molar-refractivity contribution in [1.82, 2.24) is 24.3 Å². The van der Waals surface area contributed by atoms with E-state index in [1.807, 2.05) is 12.4 Å². The number of rotatable bonds is 5. The van der Waals surface area contributed by atoms with Crippen molar-refractivity contribution in [2.24, 2.45) is 5.92 Å². The van der Waals surface area contributed by atoms with Crippen LogP contribution in [-0.4, -0.2) is 43.9 Å². The normalized spacial score (nSPS) is 20.5. The molecule has 1 aliphatic heterocycles. The monoisotopic (exact) mass is 465 g/mol. The van der Waals surface area contributed by atoms with Crippen LogP contribution in [0, 0.1) is 12.8 Å². The highest BCUT2D eigenvalue weighted by Crippen LogP contribution is 2.43. The van der Waals surface area contributed by atoms with E-state index < -0.39 is 0 Å². The maximum atomic E-state index is 5.21. The summed E-state index contributed by atoms with van der Waals surface area (Å²) >= 11 is 1.73. The summed E-state index contributed by atoms with van der Waals surface area (Å²) in [5.74, 6) is 2.52. The van der Waals surface area contributed by atoms with Gasteiger partial charge in [-0.25, -0.2) is 9.97 Å². The summed E-state index contributed by atoms with van der Waals surface area (Å²) < 4.78 is 2.26. The number of thiophene rings is 1. The van der Waals surface area contributed by atoms with Gasteiger partial charge in [0.1, 0.15) is 5.82 Å². The molecule has 0 amide bonds. The molecule has 5 aromatic rings. The third-order valence-corrected chi connectivity index (χ3v) is 8.50. The third kappa shape index (κ3) is 3.36. The van der Waals surface area contributed by atoms with Crippen LogP contribution < -0.4 is 0 Å². The first-order chi connectivity index (χ1) is 16.7. The summed E-state index contributed by atoms with van der Waals surface area (Å²) in [5, 5.41) is 3.30. The fourth-order valence-corrected chi connectivity index (χ4v) is 6.27. The number of aromatic nitrogens is 4. The lowest BCUT2D eigenvalue weighted by Crippen LogP contribution is -2.43. The first kappa shape index (κ1) is 20.3. The molecule has 4 aromatic heterocycles. The lowest BCUT2D eigenvalue weighted by Gasteiger charge is -2.41. The summed E-state index contributed by atoms with van der Waals surface area (Å²) in [6.07, 6.45) is 9.73. The molecular formula is C28H27N5S. The fourth-order valence-electron chi connectivity index (χ4n) is 5.59. The van der Waals surface area contributed by atoms with Crippen LogP contribution in [0.2, 0.25) is 0 Å². The average Bonchev–Trinajstić information content (AvgIpc) is 3.45. The molecule has 170 valence electrons. The molecule has 2 aliphatic rings. The third-order valence-electron chi connectivity index (χ3n) is 7.60. The van der Waals surface area contributed by atoms with Crippen LogP contribution in [0.3, 0.4) is 0 Å². The predicted octanol–water partition coefficient (Wildman–Crippen LogP) is 6.18. The molecular weight excluding hydrogens is 438 g/mol. The standard InChI is InChI=1S/C28H27N5S/c1-18-12-24(26-4-2-11-34-26)30-23-15-20(5-6-22(18)23)27-25-16-29-7-10-33(25)28(31-27)21-13-19(14-21)17-32-8-3-9-32/h2,4-7,10-12,15-16,19,21H,3,8-9,13-14,17H2,1H3. The van der Waals surface area contributed by atoms with Crippen molar-refractivity contribution in [2.75, 3.05) is 19.6 Å². The van der Waals surface area contributed by atoms with Gasteiger partial charge in [0.2, 0.25) is 0 Å². The highest BCUT2D eigenvalue weighted by atomic mass is 32.1. The predicted molar refractivity (Wildman–Crippen MR) is 138 cm³/mol. The molecule has 0 N–H and O–H groups in total. The summed E-state index contributed by atoms with van der Waals surface area (Å²) in [6, 6.07) is 13.0. The second kappa shape index (κ2) is 8.00. The Morgan fingerprint density at radius 1 is 1.09 bits per heavy atom. The Kier molecular flexibility index (Phi) is 4.77. The maximum Gasteiger partial charge on any atom is 0.117 e. The summed E-state index contributed by atoms with van der Waals surface area (Å²) in [5.41, 5.74) is 6.50. The first-order valence-corrected chi connectivity index (χ1v) is 13.1. The summed E-state index contributed by atoms with van der Waals surface area (Å²) in [4.78, 5) is 18.5. The smallest absolute Gasteiger partial charge is 0.117 e. The van der Waals surface area contributed by atoms with Gasteiger partial charge in [-0.05, 0) is 74.3 Å². The summed E-state index contributed by atoms with van der Waals surface area (Å²) in [6.45, 7) is 6.00. The molecule has 1 saturated carbocycles. The number of hydrogen-bond donors (Lipinski definition) is 0. The van der Waals surface area contributed by atoms with Gasteiger partial charge in [0.25, 0.3) is 0 Å². The van der Waals surface area contributed by atoms with Crippen LogP contribution in [-0.2, 0) is 0 Å². The highest BCUT2D eigenvalue weighted by molar-refractivity contribution is 7.13. The lowest BCUT2D eigenvalue weighted by molar-refractivity contribution is 0.107. The van der Waals surface area contributed by atoms with E-state index in [1.165, 1.54) is 60.5 Å². The Balaban J connectivity index is 1.27. The van der Waals surface area contributed by atoms with Gasteiger partial charge in [-0.15, -0.1) is 11.3 Å². The van der Waals surface area contributed by atoms with Gasteiger partial charge in [-0.1, -0.05) is 18.2 Å². The molecule has 5 heterocycles. The van der Waals surface area contributed by atoms with Gasteiger partial charge in [0, 0.05) is 35.8 Å². The zero-order valence-electron chi connectivity index (χ0n) is 19.3. The van der Waals surface area contributed by atoms with Gasteiger partial charge in [-0.3, -0.25) is 9.38 Å². The Morgan fingerprint density at radius 3 is 2.79 bits per heavy atom. The zero-order valence-corrected chi connectivity index (χ0v) is 20.1. The molecule has 0 unspecified atom stereocenters. The molecule has 5 nitrogen and oxygen atoms in total. The van der Waals surface area contributed by atoms with E-state index in [1.54, 1.807) is 11.3 Å². The number of likely N-dealkylation sites (tertiary alicyclic amines) is 1. The van der Waals surface area contributed by atoms with Crippen LogP contribution in [0.5, 0.6) is 0 Å². The Hall–Kier alpha value is -3.09. The molecule has 6 heteroatoms. The van der Waals surface area contributed by atoms with Crippen molar-refractivity contribution in [1.29, 1.82) is 0 Å². The molecule has 0 radical (unpaired) electrons. The average molecular weight is 466 g/mol. The van der Waals surface area contributed by atoms with Gasteiger partial charge < -0.3 is 4.90 Å². The minimum atomic E-state index is 0.529. The number of aryl methyl sites for hydroxylation is 1. The second-order valence-corrected chi connectivity index (χ2v) is 10.8. The van der Waals surface area contributed by atoms with E-state index in [0.29, 0.717) is 5.92 Å². The Bertz CT molecular complexity index is 1490. The number of benzene rings is 1. The van der Waals surface area contributed by atoms with Crippen molar-refractivity contribution in [3.05, 3.63) is 71.8 Å². The van der Waals surface area contributed by atoms with E-state index in [4.69, 9.17) is 9.97 Å². The van der Waals surface area contributed by atoms with Crippen LogP contribution in [0.25, 0.3) is 38.2 Å². The Morgan fingerprint density at radius 2 is 2.00 bits per heavy atom. The van der Waals surface area contributed by atoms with E-state index in [2.05, 4.69) is 69.2 Å². The number of nitrogens with zero attached hydrogens (tertiary/aromatic N) is 5. The second-order valence-electron chi connectivity index (χ2n) is 9.87. The molecule has 0 spiro atoms. The topological polar surface area (TPSA) is 46.3 Å². The number of pyridine rings is 1. The van der Waals surface area contributed by atoms with E-state index in [-0.39, 0.29) is 0 Å². The van der Waals surface area contributed by atoms with Gasteiger partial charge in [-0.2, -0.15) is 0 Å². The molecule has 2 fully saturated rings. The Labute approximate surface area is 203 Å². The molecule has 1 aliphatic carbocycles. The van der Waals surface area contributed by atoms with Crippen LogP contribution >= 0.6 is 11.3 Å². The number of hydrogen-bond acceptors (Lipinski definition) is 5. The van der Waals surface area contributed by atoms with Crippen molar-refractivity contribution in [3.8, 4) is 21.8 Å². The molecule has 34 heavy (non-hydrogen) atoms. The molecule has 7 rings (SSSR count). The highest BCUT2D eigenvalue weighted by Gasteiger charge is 2.35. The number of fused-ring (bicyclic) bond motifs is 2. The van der Waals surface area contributed by atoms with Crippen LogP contribution in [0.1, 0.15) is 36.6 Å². The van der Waals surface area contributed by atoms with Gasteiger partial charge >= 0.3 is 0 Å². The van der Waals surface area contributed by atoms with Crippen molar-refractivity contribution in [2.45, 2.75) is 32.1 Å². The van der Waals surface area contributed by atoms with Crippen LogP contribution in [0.4, 0.5) is 0 Å². The molecule has 0 bridgehead atoms. The van der Waals surface area contributed by atoms with Crippen molar-refractivity contribution < 1.29 is 0 Å². The quantitative estimate of drug-likeness (QED) is 0.311. The van der Waals surface area contributed by atoms with E-state index >= 15 is 0 Å². The van der Waals surface area contributed by atoms with E-state index in [0.717, 1.165) is 33.9 Å². The van der Waals surface area contributed by atoms with Gasteiger partial charge in [0.05, 0.1) is 33.5 Å². The van der Waals surface area contributed by atoms with Crippen LogP contribution in [0.15, 0.2) is 60.4 Å². The van der Waals surface area contributed by atoms with E-state index in [9.17, 15) is 0 Å². The zero-order chi connectivity index (χ0) is 22.6. The first-order valence-electron chi connectivity index (χ1n) is 12.2. The molecule has 1 saturated heterocycles.